The fourth-order valence-corrected chi connectivity index (χ4v) is 3.04. The summed E-state index contributed by atoms with van der Waals surface area (Å²) in [6.07, 6.45) is 3.65. The number of rotatable bonds is 3. The van der Waals surface area contributed by atoms with Gasteiger partial charge >= 0.3 is 5.97 Å². The molecule has 0 fully saturated rings. The Hall–Kier alpha value is -3.08. The highest BCUT2D eigenvalue weighted by Crippen LogP contribution is 2.28. The summed E-state index contributed by atoms with van der Waals surface area (Å²) in [4.78, 5) is 20.5. The molecule has 0 bridgehead atoms. The molecule has 1 heterocycles. The quantitative estimate of drug-likeness (QED) is 0.289. The molecule has 0 unspecified atom stereocenters. The van der Waals surface area contributed by atoms with Crippen LogP contribution in [0.3, 0.4) is 0 Å². The summed E-state index contributed by atoms with van der Waals surface area (Å²) < 4.78 is 0. The number of carbonyl (C=O) groups is 1. The molecule has 0 atom stereocenters. The SMILES string of the molecule is CSC(=Nc1ccc(-c2cc(C(=O)O)c3cc(Cl)ccc3n2)cc1)NC#N. The van der Waals surface area contributed by atoms with E-state index in [1.807, 2.05) is 12.4 Å². The van der Waals surface area contributed by atoms with Crippen LogP contribution in [0.5, 0.6) is 0 Å². The fourth-order valence-electron chi connectivity index (χ4n) is 2.52. The fraction of sp³-hybridized carbons (Fsp3) is 0.0526. The summed E-state index contributed by atoms with van der Waals surface area (Å²) in [7, 11) is 0. The first-order valence-corrected chi connectivity index (χ1v) is 9.34. The van der Waals surface area contributed by atoms with E-state index >= 15 is 0 Å². The van der Waals surface area contributed by atoms with Crippen LogP contribution in [0, 0.1) is 11.5 Å². The maximum atomic E-state index is 11.7. The molecule has 0 aliphatic heterocycles. The maximum absolute atomic E-state index is 11.7. The molecule has 3 rings (SSSR count). The topological polar surface area (TPSA) is 98.4 Å². The number of benzene rings is 2. The Balaban J connectivity index is 2.04. The summed E-state index contributed by atoms with van der Waals surface area (Å²) >= 11 is 7.31. The summed E-state index contributed by atoms with van der Waals surface area (Å²) in [5.74, 6) is -1.04. The van der Waals surface area contributed by atoms with Crippen molar-refractivity contribution in [2.45, 2.75) is 0 Å². The smallest absolute Gasteiger partial charge is 0.336 e. The van der Waals surface area contributed by atoms with Crippen LogP contribution >= 0.6 is 23.4 Å². The number of nitrogens with zero attached hydrogens (tertiary/aromatic N) is 3. The van der Waals surface area contributed by atoms with E-state index < -0.39 is 5.97 Å². The highest BCUT2D eigenvalue weighted by Gasteiger charge is 2.13. The molecule has 8 heteroatoms. The number of aliphatic imine (C=N–C) groups is 1. The van der Waals surface area contributed by atoms with E-state index in [0.717, 1.165) is 5.56 Å². The average molecular weight is 397 g/mol. The number of amidine groups is 1. The monoisotopic (exact) mass is 396 g/mol. The van der Waals surface area contributed by atoms with Gasteiger partial charge in [0.05, 0.1) is 22.5 Å². The van der Waals surface area contributed by atoms with Crippen LogP contribution in [0.1, 0.15) is 10.4 Å². The molecular formula is C19H13ClN4O2S. The van der Waals surface area contributed by atoms with E-state index in [2.05, 4.69) is 15.3 Å². The van der Waals surface area contributed by atoms with Gasteiger partial charge in [-0.25, -0.2) is 14.8 Å². The van der Waals surface area contributed by atoms with E-state index in [1.54, 1.807) is 42.5 Å². The zero-order valence-electron chi connectivity index (χ0n) is 14.1. The van der Waals surface area contributed by atoms with Crippen LogP contribution in [0.4, 0.5) is 5.69 Å². The van der Waals surface area contributed by atoms with E-state index in [9.17, 15) is 9.90 Å². The van der Waals surface area contributed by atoms with Crippen molar-refractivity contribution in [2.24, 2.45) is 4.99 Å². The molecule has 0 radical (unpaired) electrons. The van der Waals surface area contributed by atoms with Crippen molar-refractivity contribution in [1.82, 2.24) is 10.3 Å². The standard InChI is InChI=1S/C19H13ClN4O2S/c1-27-19(22-10-21)23-13-5-2-11(3-6-13)17-9-15(18(25)26)14-8-12(20)4-7-16(14)24-17/h2-9H,1H3,(H,22,23)(H,25,26). The molecule has 0 spiro atoms. The zero-order chi connectivity index (χ0) is 19.4. The Morgan fingerprint density at radius 1 is 1.26 bits per heavy atom. The molecule has 0 aliphatic rings. The van der Waals surface area contributed by atoms with Crippen molar-refractivity contribution in [1.29, 1.82) is 5.26 Å². The van der Waals surface area contributed by atoms with Crippen molar-refractivity contribution in [2.75, 3.05) is 6.26 Å². The predicted molar refractivity (Wildman–Crippen MR) is 109 cm³/mol. The Labute approximate surface area is 164 Å². The van der Waals surface area contributed by atoms with Gasteiger partial charge in [-0.2, -0.15) is 5.26 Å². The van der Waals surface area contributed by atoms with Gasteiger partial charge in [-0.05, 0) is 42.7 Å². The number of halogens is 1. The Bertz CT molecular complexity index is 1090. The number of hydrogen-bond donors (Lipinski definition) is 2. The number of thioether (sulfide) groups is 1. The summed E-state index contributed by atoms with van der Waals surface area (Å²) in [6.45, 7) is 0. The minimum absolute atomic E-state index is 0.141. The minimum atomic E-state index is -1.04. The third-order valence-electron chi connectivity index (χ3n) is 3.75. The number of hydrogen-bond acceptors (Lipinski definition) is 5. The number of aromatic carboxylic acids is 1. The third kappa shape index (κ3) is 4.19. The lowest BCUT2D eigenvalue weighted by atomic mass is 10.0. The van der Waals surface area contributed by atoms with Crippen LogP contribution in [0.25, 0.3) is 22.2 Å². The number of aromatic nitrogens is 1. The lowest BCUT2D eigenvalue weighted by Gasteiger charge is -2.08. The second-order valence-electron chi connectivity index (χ2n) is 5.43. The average Bonchev–Trinajstić information content (AvgIpc) is 2.67. The molecule has 0 aliphatic carbocycles. The number of nitrogens with one attached hydrogen (secondary N) is 1. The first kappa shape index (κ1) is 18.7. The van der Waals surface area contributed by atoms with Gasteiger partial charge in [0.15, 0.2) is 11.4 Å². The molecule has 0 saturated heterocycles. The third-order valence-corrected chi connectivity index (χ3v) is 4.57. The predicted octanol–water partition coefficient (Wildman–Crippen LogP) is 4.67. The summed E-state index contributed by atoms with van der Waals surface area (Å²) in [6, 6.07) is 13.7. The lowest BCUT2D eigenvalue weighted by Crippen LogP contribution is -2.12. The van der Waals surface area contributed by atoms with Crippen LogP contribution in [-0.2, 0) is 0 Å². The van der Waals surface area contributed by atoms with Gasteiger partial charge in [-0.3, -0.25) is 5.32 Å². The van der Waals surface area contributed by atoms with Crippen molar-refractivity contribution >= 4 is 51.1 Å². The van der Waals surface area contributed by atoms with E-state index in [0.29, 0.717) is 32.5 Å². The van der Waals surface area contributed by atoms with Gasteiger partial charge in [0, 0.05) is 16.0 Å². The molecular weight excluding hydrogens is 384 g/mol. The number of carboxylic acids is 1. The Morgan fingerprint density at radius 2 is 2.00 bits per heavy atom. The molecule has 0 amide bonds. The number of pyridine rings is 1. The first-order chi connectivity index (χ1) is 13.0. The normalized spacial score (nSPS) is 11.2. The zero-order valence-corrected chi connectivity index (χ0v) is 15.7. The van der Waals surface area contributed by atoms with E-state index in [1.165, 1.54) is 17.8 Å². The van der Waals surface area contributed by atoms with Crippen molar-refractivity contribution in [3.05, 3.63) is 59.1 Å². The maximum Gasteiger partial charge on any atom is 0.336 e. The lowest BCUT2D eigenvalue weighted by molar-refractivity contribution is 0.0699. The van der Waals surface area contributed by atoms with Gasteiger partial charge in [0.2, 0.25) is 0 Å². The second-order valence-corrected chi connectivity index (χ2v) is 6.66. The Morgan fingerprint density at radius 3 is 2.63 bits per heavy atom. The number of carboxylic acid groups (broad SMARTS) is 1. The highest BCUT2D eigenvalue weighted by molar-refractivity contribution is 8.13. The molecule has 1 aromatic heterocycles. The Kier molecular flexibility index (Phi) is 5.60. The van der Waals surface area contributed by atoms with Gasteiger partial charge in [0.1, 0.15) is 0 Å². The summed E-state index contributed by atoms with van der Waals surface area (Å²) in [5.41, 5.74) is 2.66. The molecule has 2 aromatic carbocycles. The molecule has 6 nitrogen and oxygen atoms in total. The van der Waals surface area contributed by atoms with Crippen LogP contribution in [-0.4, -0.2) is 27.5 Å². The first-order valence-electron chi connectivity index (χ1n) is 7.73. The highest BCUT2D eigenvalue weighted by atomic mass is 35.5. The van der Waals surface area contributed by atoms with Crippen molar-refractivity contribution < 1.29 is 9.90 Å². The van der Waals surface area contributed by atoms with Gasteiger partial charge < -0.3 is 5.11 Å². The molecule has 134 valence electrons. The van der Waals surface area contributed by atoms with Crippen LogP contribution < -0.4 is 5.32 Å². The van der Waals surface area contributed by atoms with Crippen LogP contribution in [0.15, 0.2) is 53.5 Å². The number of fused-ring (bicyclic) bond motifs is 1. The van der Waals surface area contributed by atoms with Gasteiger partial charge in [0.25, 0.3) is 0 Å². The molecule has 3 aromatic rings. The van der Waals surface area contributed by atoms with Crippen molar-refractivity contribution in [3.63, 3.8) is 0 Å². The largest absolute Gasteiger partial charge is 0.478 e. The van der Waals surface area contributed by atoms with Crippen LogP contribution in [0.2, 0.25) is 5.02 Å². The molecule has 2 N–H and O–H groups in total. The van der Waals surface area contributed by atoms with Gasteiger partial charge in [-0.1, -0.05) is 35.5 Å². The molecule has 0 saturated carbocycles. The second kappa shape index (κ2) is 8.08. The van der Waals surface area contributed by atoms with E-state index in [-0.39, 0.29) is 5.56 Å². The van der Waals surface area contributed by atoms with Gasteiger partial charge in [-0.15, -0.1) is 0 Å². The molecule has 27 heavy (non-hydrogen) atoms. The minimum Gasteiger partial charge on any atom is -0.478 e. The van der Waals surface area contributed by atoms with Crippen molar-refractivity contribution in [3.8, 4) is 17.5 Å². The number of nitriles is 1. The van der Waals surface area contributed by atoms with E-state index in [4.69, 9.17) is 16.9 Å². The summed E-state index contributed by atoms with van der Waals surface area (Å²) in [5, 5.41) is 22.2.